The average molecular weight is 357 g/mol. The van der Waals surface area contributed by atoms with Crippen LogP contribution in [0.4, 0.5) is 0 Å². The molecule has 2 aromatic rings. The van der Waals surface area contributed by atoms with Crippen LogP contribution < -0.4 is 10.6 Å². The van der Waals surface area contributed by atoms with E-state index in [9.17, 15) is 0 Å². The second-order valence-electron chi connectivity index (χ2n) is 6.17. The Morgan fingerprint density at radius 3 is 2.73 bits per heavy atom. The summed E-state index contributed by atoms with van der Waals surface area (Å²) in [5.41, 5.74) is 1.24. The summed E-state index contributed by atoms with van der Waals surface area (Å²) in [7, 11) is 0. The maximum absolute atomic E-state index is 5.39. The Balaban J connectivity index is 1.84. The molecular weight excluding hydrogens is 326 g/mol. The minimum Gasteiger partial charge on any atom is -0.469 e. The number of hydrogen-bond acceptors (Lipinski definition) is 3. The molecule has 1 unspecified atom stereocenters. The van der Waals surface area contributed by atoms with E-state index < -0.39 is 0 Å². The number of guanidine groups is 1. The number of ether oxygens (including phenoxy) is 1. The van der Waals surface area contributed by atoms with Crippen LogP contribution in [0.2, 0.25) is 0 Å². The Hall–Kier alpha value is -2.27. The number of nitrogens with one attached hydrogen (secondary N) is 2. The van der Waals surface area contributed by atoms with Gasteiger partial charge in [0.1, 0.15) is 5.76 Å². The summed E-state index contributed by atoms with van der Waals surface area (Å²) in [6, 6.07) is 14.5. The van der Waals surface area contributed by atoms with Gasteiger partial charge in [0.25, 0.3) is 0 Å². The zero-order chi connectivity index (χ0) is 18.5. The number of nitrogens with zero attached hydrogens (tertiary/aromatic N) is 1. The summed E-state index contributed by atoms with van der Waals surface area (Å²) in [5.74, 6) is 1.81. The van der Waals surface area contributed by atoms with Crippen LogP contribution in [0, 0.1) is 0 Å². The van der Waals surface area contributed by atoms with Crippen molar-refractivity contribution >= 4 is 5.96 Å². The second-order valence-corrected chi connectivity index (χ2v) is 6.17. The molecule has 5 heteroatoms. The minimum absolute atomic E-state index is 0.189. The van der Waals surface area contributed by atoms with E-state index in [-0.39, 0.29) is 6.04 Å². The SMILES string of the molecule is CCOCCCCN=C(NCCc1ccco1)NC(C)c1ccccc1. The van der Waals surface area contributed by atoms with Crippen LogP contribution in [0.15, 0.2) is 58.1 Å². The normalized spacial score (nSPS) is 12.8. The molecule has 0 fully saturated rings. The van der Waals surface area contributed by atoms with Crippen LogP contribution in [0.1, 0.15) is 44.1 Å². The molecule has 0 saturated carbocycles. The van der Waals surface area contributed by atoms with Gasteiger partial charge in [0.05, 0.1) is 12.3 Å². The highest BCUT2D eigenvalue weighted by molar-refractivity contribution is 5.80. The summed E-state index contributed by atoms with van der Waals surface area (Å²) in [6.45, 7) is 7.31. The van der Waals surface area contributed by atoms with Crippen molar-refractivity contribution in [3.8, 4) is 0 Å². The highest BCUT2D eigenvalue weighted by Crippen LogP contribution is 2.10. The smallest absolute Gasteiger partial charge is 0.191 e. The van der Waals surface area contributed by atoms with E-state index in [0.29, 0.717) is 0 Å². The van der Waals surface area contributed by atoms with Gasteiger partial charge in [0, 0.05) is 32.7 Å². The maximum Gasteiger partial charge on any atom is 0.191 e. The van der Waals surface area contributed by atoms with Crippen LogP contribution in [0.5, 0.6) is 0 Å². The predicted octanol–water partition coefficient (Wildman–Crippen LogP) is 3.94. The van der Waals surface area contributed by atoms with Crippen molar-refractivity contribution in [3.63, 3.8) is 0 Å². The Morgan fingerprint density at radius 1 is 1.15 bits per heavy atom. The van der Waals surface area contributed by atoms with Gasteiger partial charge >= 0.3 is 0 Å². The molecule has 1 aromatic heterocycles. The van der Waals surface area contributed by atoms with E-state index in [1.165, 1.54) is 5.56 Å². The van der Waals surface area contributed by atoms with Crippen LogP contribution in [-0.2, 0) is 11.2 Å². The average Bonchev–Trinajstić information content (AvgIpc) is 3.18. The van der Waals surface area contributed by atoms with E-state index in [0.717, 1.165) is 57.3 Å². The number of furan rings is 1. The van der Waals surface area contributed by atoms with E-state index >= 15 is 0 Å². The third kappa shape index (κ3) is 7.74. The summed E-state index contributed by atoms with van der Waals surface area (Å²) >= 11 is 0. The molecule has 142 valence electrons. The quantitative estimate of drug-likeness (QED) is 0.363. The number of benzene rings is 1. The van der Waals surface area contributed by atoms with Crippen molar-refractivity contribution in [3.05, 3.63) is 60.1 Å². The molecule has 1 atom stereocenters. The molecule has 1 heterocycles. The number of hydrogen-bond donors (Lipinski definition) is 2. The first-order valence-corrected chi connectivity index (χ1v) is 9.49. The molecule has 0 aliphatic carbocycles. The molecule has 0 radical (unpaired) electrons. The fourth-order valence-corrected chi connectivity index (χ4v) is 2.59. The molecular formula is C21H31N3O2. The van der Waals surface area contributed by atoms with E-state index in [2.05, 4.69) is 41.8 Å². The predicted molar refractivity (Wildman–Crippen MR) is 106 cm³/mol. The minimum atomic E-state index is 0.189. The van der Waals surface area contributed by atoms with E-state index in [1.807, 2.05) is 25.1 Å². The van der Waals surface area contributed by atoms with Gasteiger partial charge < -0.3 is 19.8 Å². The van der Waals surface area contributed by atoms with Crippen LogP contribution in [0.3, 0.4) is 0 Å². The van der Waals surface area contributed by atoms with Crippen molar-refractivity contribution in [1.29, 1.82) is 0 Å². The molecule has 0 aliphatic rings. The van der Waals surface area contributed by atoms with Crippen molar-refractivity contribution in [2.75, 3.05) is 26.3 Å². The van der Waals surface area contributed by atoms with Gasteiger partial charge in [0.2, 0.25) is 0 Å². The van der Waals surface area contributed by atoms with Gasteiger partial charge in [-0.25, -0.2) is 0 Å². The molecule has 0 amide bonds. The van der Waals surface area contributed by atoms with Crippen LogP contribution in [0.25, 0.3) is 0 Å². The van der Waals surface area contributed by atoms with E-state index in [1.54, 1.807) is 6.26 Å². The summed E-state index contributed by atoms with van der Waals surface area (Å²) in [6.07, 6.45) is 4.59. The van der Waals surface area contributed by atoms with Gasteiger partial charge in [-0.1, -0.05) is 30.3 Å². The lowest BCUT2D eigenvalue weighted by atomic mass is 10.1. The van der Waals surface area contributed by atoms with Gasteiger partial charge in [-0.3, -0.25) is 4.99 Å². The van der Waals surface area contributed by atoms with Crippen LogP contribution >= 0.6 is 0 Å². The van der Waals surface area contributed by atoms with E-state index in [4.69, 9.17) is 14.1 Å². The fourth-order valence-electron chi connectivity index (χ4n) is 2.59. The molecule has 0 bridgehead atoms. The summed E-state index contributed by atoms with van der Waals surface area (Å²) in [5, 5.41) is 6.90. The maximum atomic E-state index is 5.39. The fraction of sp³-hybridized carbons (Fsp3) is 0.476. The Labute approximate surface area is 156 Å². The van der Waals surface area contributed by atoms with Gasteiger partial charge in [-0.2, -0.15) is 0 Å². The molecule has 5 nitrogen and oxygen atoms in total. The lowest BCUT2D eigenvalue weighted by Gasteiger charge is -2.18. The molecule has 0 spiro atoms. The second kappa shape index (κ2) is 12.1. The molecule has 1 aromatic carbocycles. The Bertz CT molecular complexity index is 611. The lowest BCUT2D eigenvalue weighted by Crippen LogP contribution is -2.39. The van der Waals surface area contributed by atoms with Gasteiger partial charge in [-0.05, 0) is 44.4 Å². The van der Waals surface area contributed by atoms with Crippen molar-refractivity contribution in [1.82, 2.24) is 10.6 Å². The lowest BCUT2D eigenvalue weighted by molar-refractivity contribution is 0.144. The first kappa shape index (κ1) is 20.0. The zero-order valence-electron chi connectivity index (χ0n) is 15.9. The standard InChI is InChI=1S/C21H31N3O2/c1-3-25-16-8-7-14-22-21(23-15-13-20-12-9-17-26-20)24-18(2)19-10-5-4-6-11-19/h4-6,9-12,17-18H,3,7-8,13-16H2,1-2H3,(H2,22,23,24). The monoisotopic (exact) mass is 357 g/mol. The number of aliphatic imine (C=N–C) groups is 1. The first-order chi connectivity index (χ1) is 12.8. The van der Waals surface area contributed by atoms with Crippen molar-refractivity contribution < 1.29 is 9.15 Å². The van der Waals surface area contributed by atoms with Crippen molar-refractivity contribution in [2.45, 2.75) is 39.2 Å². The topological polar surface area (TPSA) is 58.8 Å². The first-order valence-electron chi connectivity index (χ1n) is 9.49. The zero-order valence-corrected chi connectivity index (χ0v) is 15.9. The largest absolute Gasteiger partial charge is 0.469 e. The molecule has 0 aliphatic heterocycles. The molecule has 26 heavy (non-hydrogen) atoms. The third-order valence-electron chi connectivity index (χ3n) is 4.07. The van der Waals surface area contributed by atoms with Crippen LogP contribution in [-0.4, -0.2) is 32.3 Å². The van der Waals surface area contributed by atoms with Gasteiger partial charge in [0.15, 0.2) is 5.96 Å². The number of rotatable bonds is 11. The Kier molecular flexibility index (Phi) is 9.36. The third-order valence-corrected chi connectivity index (χ3v) is 4.07. The van der Waals surface area contributed by atoms with Crippen molar-refractivity contribution in [2.24, 2.45) is 4.99 Å². The molecule has 2 rings (SSSR count). The summed E-state index contributed by atoms with van der Waals surface area (Å²) in [4.78, 5) is 4.71. The highest BCUT2D eigenvalue weighted by Gasteiger charge is 2.07. The summed E-state index contributed by atoms with van der Waals surface area (Å²) < 4.78 is 10.8. The molecule has 2 N–H and O–H groups in total. The highest BCUT2D eigenvalue weighted by atomic mass is 16.5. The number of unbranched alkanes of at least 4 members (excludes halogenated alkanes) is 1. The van der Waals surface area contributed by atoms with Gasteiger partial charge in [-0.15, -0.1) is 0 Å². The molecule has 0 saturated heterocycles. The Morgan fingerprint density at radius 2 is 2.00 bits per heavy atom.